The second-order valence-electron chi connectivity index (χ2n) is 8.41. The summed E-state index contributed by atoms with van der Waals surface area (Å²) in [6.45, 7) is 4.84. The molecule has 1 aromatic heterocycles. The van der Waals surface area contributed by atoms with Crippen molar-refractivity contribution >= 4 is 36.9 Å². The third kappa shape index (κ3) is 3.82. The Labute approximate surface area is 187 Å². The van der Waals surface area contributed by atoms with Crippen molar-refractivity contribution in [2.45, 2.75) is 30.1 Å². The van der Waals surface area contributed by atoms with Crippen molar-refractivity contribution in [1.82, 2.24) is 8.28 Å². The fourth-order valence-electron chi connectivity index (χ4n) is 4.39. The van der Waals surface area contributed by atoms with Crippen LogP contribution in [-0.4, -0.2) is 49.3 Å². The summed E-state index contributed by atoms with van der Waals surface area (Å²) in [6, 6.07) is 12.7. The van der Waals surface area contributed by atoms with Crippen LogP contribution in [0.5, 0.6) is 0 Å². The molecule has 1 aliphatic rings. The van der Waals surface area contributed by atoms with Gasteiger partial charge in [-0.05, 0) is 54.7 Å². The fraction of sp³-hybridized carbons (Fsp3) is 0.318. The zero-order chi connectivity index (χ0) is 23.3. The number of hydrogen-bond acceptors (Lipinski definition) is 5. The van der Waals surface area contributed by atoms with Crippen LogP contribution in [0.2, 0.25) is 0 Å². The number of carbonyl (C=O) groups is 1. The van der Waals surface area contributed by atoms with Gasteiger partial charge in [0.05, 0.1) is 15.3 Å². The van der Waals surface area contributed by atoms with Crippen molar-refractivity contribution < 1.29 is 26.7 Å². The summed E-state index contributed by atoms with van der Waals surface area (Å²) in [5.74, 6) is -0.968. The molecule has 8 nitrogen and oxygen atoms in total. The van der Waals surface area contributed by atoms with Gasteiger partial charge in [-0.25, -0.2) is 25.6 Å². The first kappa shape index (κ1) is 22.5. The molecule has 0 amide bonds. The van der Waals surface area contributed by atoms with E-state index in [1.165, 1.54) is 40.7 Å². The minimum Gasteiger partial charge on any atom is -0.477 e. The Kier molecular flexibility index (Phi) is 5.64. The molecule has 2 aromatic carbocycles. The number of aromatic nitrogens is 1. The van der Waals surface area contributed by atoms with E-state index in [9.17, 15) is 26.7 Å². The second kappa shape index (κ2) is 8.02. The van der Waals surface area contributed by atoms with Crippen LogP contribution in [0.15, 0.2) is 64.4 Å². The molecule has 1 saturated heterocycles. The lowest BCUT2D eigenvalue weighted by Crippen LogP contribution is -2.42. The Bertz CT molecular complexity index is 1380. The molecule has 0 aliphatic carbocycles. The predicted molar refractivity (Wildman–Crippen MR) is 120 cm³/mol. The minimum atomic E-state index is -4.21. The van der Waals surface area contributed by atoms with E-state index >= 15 is 0 Å². The molecule has 2 unspecified atom stereocenters. The molecule has 170 valence electrons. The molecular formula is C22H24N2O6S2. The first-order valence-corrected chi connectivity index (χ1v) is 13.1. The highest BCUT2D eigenvalue weighted by Crippen LogP contribution is 2.31. The molecule has 0 bridgehead atoms. The monoisotopic (exact) mass is 476 g/mol. The molecule has 0 saturated carbocycles. The molecule has 3 aromatic rings. The van der Waals surface area contributed by atoms with E-state index in [2.05, 4.69) is 0 Å². The molecular weight excluding hydrogens is 452 g/mol. The van der Waals surface area contributed by atoms with Gasteiger partial charge in [0.15, 0.2) is 0 Å². The molecule has 2 atom stereocenters. The smallest absolute Gasteiger partial charge is 0.353 e. The lowest BCUT2D eigenvalue weighted by atomic mass is 9.94. The van der Waals surface area contributed by atoms with Gasteiger partial charge in [-0.3, -0.25) is 0 Å². The van der Waals surface area contributed by atoms with Gasteiger partial charge in [0, 0.05) is 18.5 Å². The van der Waals surface area contributed by atoms with E-state index in [1.54, 1.807) is 18.2 Å². The molecule has 0 radical (unpaired) electrons. The number of piperidine rings is 1. The molecule has 1 N–H and O–H groups in total. The lowest BCUT2D eigenvalue weighted by Gasteiger charge is -2.34. The molecule has 1 aliphatic heterocycles. The number of carboxylic acid groups (broad SMARTS) is 1. The number of nitrogens with zero attached hydrogens (tertiary/aromatic N) is 2. The van der Waals surface area contributed by atoms with Crippen molar-refractivity contribution in [2.24, 2.45) is 11.8 Å². The van der Waals surface area contributed by atoms with Crippen molar-refractivity contribution in [3.63, 3.8) is 0 Å². The number of rotatable bonds is 5. The summed E-state index contributed by atoms with van der Waals surface area (Å²) in [4.78, 5) is 11.8. The summed E-state index contributed by atoms with van der Waals surface area (Å²) in [5, 5.41) is 9.88. The summed E-state index contributed by atoms with van der Waals surface area (Å²) in [5.41, 5.74) is -0.357. The normalized spacial score (nSPS) is 20.4. The SMILES string of the molecule is CC1CC(C)CN(S(=O)(=O)c2ccc3c(c2)cc(C(=O)O)n3S(=O)(=O)c2ccccc2)C1. The third-order valence-electron chi connectivity index (χ3n) is 5.70. The van der Waals surface area contributed by atoms with Crippen molar-refractivity contribution in [2.75, 3.05) is 13.1 Å². The Morgan fingerprint density at radius 3 is 2.09 bits per heavy atom. The summed E-state index contributed by atoms with van der Waals surface area (Å²) >= 11 is 0. The average molecular weight is 477 g/mol. The van der Waals surface area contributed by atoms with Gasteiger partial charge < -0.3 is 5.11 Å². The minimum absolute atomic E-state index is 0.0116. The van der Waals surface area contributed by atoms with Gasteiger partial charge in [0.2, 0.25) is 10.0 Å². The Hall–Kier alpha value is -2.69. The zero-order valence-electron chi connectivity index (χ0n) is 17.7. The van der Waals surface area contributed by atoms with Crippen LogP contribution < -0.4 is 0 Å². The predicted octanol–water partition coefficient (Wildman–Crippen LogP) is 3.24. The summed E-state index contributed by atoms with van der Waals surface area (Å²) in [6.07, 6.45) is 0.952. The number of benzene rings is 2. The number of aromatic carboxylic acids is 1. The Balaban J connectivity index is 1.86. The van der Waals surface area contributed by atoms with Crippen LogP contribution in [0.25, 0.3) is 10.9 Å². The zero-order valence-corrected chi connectivity index (χ0v) is 19.3. The van der Waals surface area contributed by atoms with E-state index in [0.717, 1.165) is 10.4 Å². The van der Waals surface area contributed by atoms with Crippen LogP contribution in [-0.2, 0) is 20.0 Å². The standard InChI is InChI=1S/C22H24N2O6S2/c1-15-10-16(2)14-23(13-15)31(27,28)19-8-9-20-17(11-19)12-21(22(25)26)24(20)32(29,30)18-6-4-3-5-7-18/h3-9,11-12,15-16H,10,13-14H2,1-2H3,(H,25,26). The number of hydrogen-bond donors (Lipinski definition) is 1. The molecule has 1 fully saturated rings. The summed E-state index contributed by atoms with van der Waals surface area (Å²) in [7, 11) is -8.01. The van der Waals surface area contributed by atoms with Gasteiger partial charge in [-0.15, -0.1) is 0 Å². The van der Waals surface area contributed by atoms with Crippen molar-refractivity contribution in [3.8, 4) is 0 Å². The first-order valence-electron chi connectivity index (χ1n) is 10.2. The van der Waals surface area contributed by atoms with Crippen molar-refractivity contribution in [1.29, 1.82) is 0 Å². The van der Waals surface area contributed by atoms with E-state index in [4.69, 9.17) is 0 Å². The average Bonchev–Trinajstić information content (AvgIpc) is 3.13. The number of carboxylic acids is 1. The van der Waals surface area contributed by atoms with Crippen LogP contribution in [0.3, 0.4) is 0 Å². The maximum atomic E-state index is 13.3. The van der Waals surface area contributed by atoms with Crippen LogP contribution in [0.1, 0.15) is 30.8 Å². The third-order valence-corrected chi connectivity index (χ3v) is 9.27. The molecule has 2 heterocycles. The maximum absolute atomic E-state index is 13.3. The molecule has 32 heavy (non-hydrogen) atoms. The van der Waals surface area contributed by atoms with Gasteiger partial charge in [-0.2, -0.15) is 4.31 Å². The highest BCUT2D eigenvalue weighted by Gasteiger charge is 2.33. The topological polar surface area (TPSA) is 114 Å². The van der Waals surface area contributed by atoms with Crippen LogP contribution in [0.4, 0.5) is 0 Å². The molecule has 4 rings (SSSR count). The van der Waals surface area contributed by atoms with E-state index in [-0.39, 0.29) is 32.5 Å². The molecule has 0 spiro atoms. The highest BCUT2D eigenvalue weighted by molar-refractivity contribution is 7.90. The largest absolute Gasteiger partial charge is 0.477 e. The van der Waals surface area contributed by atoms with Crippen molar-refractivity contribution in [3.05, 3.63) is 60.3 Å². The summed E-state index contributed by atoms with van der Waals surface area (Å²) < 4.78 is 55.1. The van der Waals surface area contributed by atoms with Crippen LogP contribution in [0, 0.1) is 11.8 Å². The lowest BCUT2D eigenvalue weighted by molar-refractivity contribution is 0.0689. The first-order chi connectivity index (χ1) is 15.0. The Morgan fingerprint density at radius 1 is 0.875 bits per heavy atom. The Morgan fingerprint density at radius 2 is 1.50 bits per heavy atom. The highest BCUT2D eigenvalue weighted by atomic mass is 32.2. The van der Waals surface area contributed by atoms with Gasteiger partial charge in [0.1, 0.15) is 5.69 Å². The molecule has 10 heteroatoms. The second-order valence-corrected chi connectivity index (χ2v) is 12.1. The number of sulfonamides is 1. The maximum Gasteiger partial charge on any atom is 0.353 e. The fourth-order valence-corrected chi connectivity index (χ4v) is 7.63. The van der Waals surface area contributed by atoms with Gasteiger partial charge in [-0.1, -0.05) is 32.0 Å². The van der Waals surface area contributed by atoms with Gasteiger partial charge >= 0.3 is 5.97 Å². The van der Waals surface area contributed by atoms with E-state index in [0.29, 0.717) is 13.1 Å². The van der Waals surface area contributed by atoms with E-state index < -0.39 is 31.7 Å². The van der Waals surface area contributed by atoms with E-state index in [1.807, 2.05) is 13.8 Å². The quantitative estimate of drug-likeness (QED) is 0.605. The van der Waals surface area contributed by atoms with Gasteiger partial charge in [0.25, 0.3) is 10.0 Å². The van der Waals surface area contributed by atoms with Crippen LogP contribution >= 0.6 is 0 Å². The number of fused-ring (bicyclic) bond motifs is 1.